The van der Waals surface area contributed by atoms with Gasteiger partial charge < -0.3 is 4.74 Å². The molecule has 0 bridgehead atoms. The standard InChI is InChI=1S/C14H24O2/c1-4-6-8-9-10-12-14(11-7-5-2)16-13(3)15/h4,6,8-9,14H,5,7,10-12H2,1-3H3/b6-4?,9-8+. The Bertz CT molecular complexity index is 229. The molecule has 0 fully saturated rings. The van der Waals surface area contributed by atoms with Crippen molar-refractivity contribution in [3.63, 3.8) is 0 Å². The van der Waals surface area contributed by atoms with Gasteiger partial charge in [0.15, 0.2) is 0 Å². The normalized spacial score (nSPS) is 13.4. The van der Waals surface area contributed by atoms with Gasteiger partial charge in [-0.25, -0.2) is 0 Å². The molecule has 0 rings (SSSR count). The number of allylic oxidation sites excluding steroid dienone is 4. The van der Waals surface area contributed by atoms with Crippen LogP contribution in [0.3, 0.4) is 0 Å². The van der Waals surface area contributed by atoms with Crippen LogP contribution in [0.5, 0.6) is 0 Å². The van der Waals surface area contributed by atoms with E-state index in [2.05, 4.69) is 13.0 Å². The molecule has 0 N–H and O–H groups in total. The van der Waals surface area contributed by atoms with Crippen LogP contribution >= 0.6 is 0 Å². The van der Waals surface area contributed by atoms with E-state index < -0.39 is 0 Å². The Morgan fingerprint density at radius 3 is 2.62 bits per heavy atom. The summed E-state index contributed by atoms with van der Waals surface area (Å²) in [4.78, 5) is 10.9. The maximum Gasteiger partial charge on any atom is 0.302 e. The van der Waals surface area contributed by atoms with Crippen molar-refractivity contribution in [2.75, 3.05) is 0 Å². The molecule has 0 aliphatic heterocycles. The number of unbranched alkanes of at least 4 members (excludes halogenated alkanes) is 1. The van der Waals surface area contributed by atoms with Crippen molar-refractivity contribution in [3.05, 3.63) is 24.3 Å². The topological polar surface area (TPSA) is 26.3 Å². The van der Waals surface area contributed by atoms with Crippen molar-refractivity contribution in [3.8, 4) is 0 Å². The Morgan fingerprint density at radius 2 is 2.06 bits per heavy atom. The number of carbonyl (C=O) groups excluding carboxylic acids is 1. The van der Waals surface area contributed by atoms with E-state index in [1.165, 1.54) is 6.92 Å². The van der Waals surface area contributed by atoms with Crippen LogP contribution in [-0.4, -0.2) is 12.1 Å². The molecule has 0 radical (unpaired) electrons. The van der Waals surface area contributed by atoms with Crippen LogP contribution < -0.4 is 0 Å². The van der Waals surface area contributed by atoms with Gasteiger partial charge in [-0.3, -0.25) is 4.79 Å². The van der Waals surface area contributed by atoms with Crippen molar-refractivity contribution in [1.82, 2.24) is 0 Å². The SMILES string of the molecule is CC=C/C=C/CCC(CCCC)OC(C)=O. The van der Waals surface area contributed by atoms with Crippen LogP contribution in [0.2, 0.25) is 0 Å². The molecule has 2 heteroatoms. The highest BCUT2D eigenvalue weighted by molar-refractivity contribution is 5.66. The number of hydrogen-bond acceptors (Lipinski definition) is 2. The second kappa shape index (κ2) is 10.5. The van der Waals surface area contributed by atoms with Gasteiger partial charge in [0.25, 0.3) is 0 Å². The molecule has 1 atom stereocenters. The van der Waals surface area contributed by atoms with E-state index >= 15 is 0 Å². The van der Waals surface area contributed by atoms with Crippen LogP contribution in [0.1, 0.15) is 52.9 Å². The molecular weight excluding hydrogens is 200 g/mol. The van der Waals surface area contributed by atoms with Crippen molar-refractivity contribution in [1.29, 1.82) is 0 Å². The fourth-order valence-electron chi connectivity index (χ4n) is 1.50. The first-order chi connectivity index (χ1) is 7.70. The maximum absolute atomic E-state index is 10.9. The minimum absolute atomic E-state index is 0.0905. The second-order valence-electron chi connectivity index (χ2n) is 3.90. The van der Waals surface area contributed by atoms with Crippen molar-refractivity contribution in [2.45, 2.75) is 59.0 Å². The molecule has 0 aromatic rings. The van der Waals surface area contributed by atoms with Crippen LogP contribution in [0, 0.1) is 0 Å². The molecule has 0 spiro atoms. The zero-order valence-corrected chi connectivity index (χ0v) is 10.7. The molecule has 1 unspecified atom stereocenters. The van der Waals surface area contributed by atoms with Gasteiger partial charge in [0.05, 0.1) is 0 Å². The highest BCUT2D eigenvalue weighted by atomic mass is 16.5. The smallest absolute Gasteiger partial charge is 0.302 e. The molecule has 0 aromatic carbocycles. The third kappa shape index (κ3) is 9.50. The fraction of sp³-hybridized carbons (Fsp3) is 0.643. The average Bonchev–Trinajstić information content (AvgIpc) is 2.24. The van der Waals surface area contributed by atoms with Crippen LogP contribution in [0.15, 0.2) is 24.3 Å². The van der Waals surface area contributed by atoms with E-state index in [9.17, 15) is 4.79 Å². The molecule has 0 aliphatic rings. The van der Waals surface area contributed by atoms with Gasteiger partial charge in [-0.05, 0) is 26.2 Å². The lowest BCUT2D eigenvalue weighted by Crippen LogP contribution is -2.15. The second-order valence-corrected chi connectivity index (χ2v) is 3.90. The number of ether oxygens (including phenoxy) is 1. The largest absolute Gasteiger partial charge is 0.463 e. The summed E-state index contributed by atoms with van der Waals surface area (Å²) in [5.74, 6) is -0.168. The monoisotopic (exact) mass is 224 g/mol. The zero-order chi connectivity index (χ0) is 12.2. The lowest BCUT2D eigenvalue weighted by molar-refractivity contribution is -0.146. The Hall–Kier alpha value is -1.05. The predicted octanol–water partition coefficient (Wildman–Crippen LogP) is 4.02. The predicted molar refractivity (Wildman–Crippen MR) is 68.3 cm³/mol. The number of hydrogen-bond donors (Lipinski definition) is 0. The first-order valence-electron chi connectivity index (χ1n) is 6.15. The van der Waals surface area contributed by atoms with Crippen LogP contribution in [0.4, 0.5) is 0 Å². The van der Waals surface area contributed by atoms with Gasteiger partial charge in [-0.15, -0.1) is 0 Å². The molecule has 16 heavy (non-hydrogen) atoms. The summed E-state index contributed by atoms with van der Waals surface area (Å²) in [5, 5.41) is 0. The minimum Gasteiger partial charge on any atom is -0.463 e. The van der Waals surface area contributed by atoms with E-state index in [0.717, 1.165) is 32.1 Å². The summed E-state index contributed by atoms with van der Waals surface area (Å²) in [5.41, 5.74) is 0. The minimum atomic E-state index is -0.168. The zero-order valence-electron chi connectivity index (χ0n) is 10.7. The van der Waals surface area contributed by atoms with Gasteiger partial charge in [0, 0.05) is 6.92 Å². The molecule has 2 nitrogen and oxygen atoms in total. The highest BCUT2D eigenvalue weighted by Crippen LogP contribution is 2.11. The molecule has 0 heterocycles. The molecule has 0 aliphatic carbocycles. The molecular formula is C14H24O2. The lowest BCUT2D eigenvalue weighted by Gasteiger charge is -2.15. The van der Waals surface area contributed by atoms with Crippen LogP contribution in [-0.2, 0) is 9.53 Å². The molecule has 0 amide bonds. The molecule has 0 saturated heterocycles. The summed E-state index contributed by atoms with van der Waals surface area (Å²) >= 11 is 0. The van der Waals surface area contributed by atoms with E-state index in [1.807, 2.05) is 25.2 Å². The lowest BCUT2D eigenvalue weighted by atomic mass is 10.1. The average molecular weight is 224 g/mol. The Kier molecular flexibility index (Phi) is 9.78. The van der Waals surface area contributed by atoms with E-state index in [4.69, 9.17) is 4.74 Å². The highest BCUT2D eigenvalue weighted by Gasteiger charge is 2.09. The van der Waals surface area contributed by atoms with Gasteiger partial charge >= 0.3 is 5.97 Å². The molecule has 92 valence electrons. The van der Waals surface area contributed by atoms with Gasteiger partial charge in [-0.2, -0.15) is 0 Å². The Morgan fingerprint density at radius 1 is 1.31 bits per heavy atom. The third-order valence-corrected chi connectivity index (χ3v) is 2.31. The van der Waals surface area contributed by atoms with E-state index in [-0.39, 0.29) is 12.1 Å². The molecule has 0 saturated carbocycles. The summed E-state index contributed by atoms with van der Waals surface area (Å²) in [6.07, 6.45) is 13.4. The summed E-state index contributed by atoms with van der Waals surface area (Å²) in [6, 6.07) is 0. The summed E-state index contributed by atoms with van der Waals surface area (Å²) < 4.78 is 5.27. The van der Waals surface area contributed by atoms with E-state index in [0.29, 0.717) is 0 Å². The van der Waals surface area contributed by atoms with Crippen molar-refractivity contribution < 1.29 is 9.53 Å². The Labute approximate surface area is 99.4 Å². The Balaban J connectivity index is 3.85. The fourth-order valence-corrected chi connectivity index (χ4v) is 1.50. The quantitative estimate of drug-likeness (QED) is 0.460. The summed E-state index contributed by atoms with van der Waals surface area (Å²) in [7, 11) is 0. The third-order valence-electron chi connectivity index (χ3n) is 2.31. The maximum atomic E-state index is 10.9. The first-order valence-corrected chi connectivity index (χ1v) is 6.15. The van der Waals surface area contributed by atoms with Gasteiger partial charge in [0.1, 0.15) is 6.10 Å². The first kappa shape index (κ1) is 14.9. The van der Waals surface area contributed by atoms with Crippen molar-refractivity contribution >= 4 is 5.97 Å². The van der Waals surface area contributed by atoms with Gasteiger partial charge in [0.2, 0.25) is 0 Å². The van der Waals surface area contributed by atoms with Crippen LogP contribution in [0.25, 0.3) is 0 Å². The van der Waals surface area contributed by atoms with Gasteiger partial charge in [-0.1, -0.05) is 44.1 Å². The summed E-state index contributed by atoms with van der Waals surface area (Å²) in [6.45, 7) is 5.62. The number of esters is 1. The van der Waals surface area contributed by atoms with E-state index in [1.54, 1.807) is 0 Å². The molecule has 0 aromatic heterocycles. The van der Waals surface area contributed by atoms with Crippen molar-refractivity contribution in [2.24, 2.45) is 0 Å². The number of rotatable bonds is 8. The number of carbonyl (C=O) groups is 1.